The molecule has 4 aromatic rings. The molecule has 0 aliphatic rings. The highest BCUT2D eigenvalue weighted by molar-refractivity contribution is 7.91. The van der Waals surface area contributed by atoms with Crippen LogP contribution in [0.15, 0.2) is 87.3 Å². The molecule has 4 rings (SSSR count). The lowest BCUT2D eigenvalue weighted by molar-refractivity contribution is 0.106. The third-order valence-electron chi connectivity index (χ3n) is 4.82. The summed E-state index contributed by atoms with van der Waals surface area (Å²) in [4.78, 5) is 0.0676. The first-order valence-electron chi connectivity index (χ1n) is 10.3. The van der Waals surface area contributed by atoms with Crippen LogP contribution in [0.4, 0.5) is 0 Å². The molecule has 10 heteroatoms. The fourth-order valence-electron chi connectivity index (χ4n) is 3.19. The lowest BCUT2D eigenvalue weighted by atomic mass is 10.1. The van der Waals surface area contributed by atoms with Crippen LogP contribution in [0.25, 0.3) is 10.8 Å². The van der Waals surface area contributed by atoms with Gasteiger partial charge < -0.3 is 19.9 Å². The smallest absolute Gasteiger partial charge is 0.295 e. The summed E-state index contributed by atoms with van der Waals surface area (Å²) in [6, 6.07) is 21.5. The normalized spacial score (nSPS) is 12.5. The summed E-state index contributed by atoms with van der Waals surface area (Å²) in [5.41, 5.74) is 0. The molecule has 0 fully saturated rings. The predicted octanol–water partition coefficient (Wildman–Crippen LogP) is 2.46. The number of ether oxygens (including phenoxy) is 2. The first-order valence-corrected chi connectivity index (χ1v) is 11.8. The number of aliphatic hydroxyl groups is 1. The van der Waals surface area contributed by atoms with E-state index in [1.807, 2.05) is 42.5 Å². The number of fused-ring (bicyclic) bond motifs is 1. The first kappa shape index (κ1) is 22.7. The van der Waals surface area contributed by atoms with E-state index in [-0.39, 0.29) is 35.6 Å². The molecule has 1 atom stereocenters. The standard InChI is InChI=1S/C23H23N3O6S/c27-18(16-31-21-12-6-8-17-7-4-5-11-20(17)21)15-24-13-14-30-22-23(26-32-25-22)33(28,29)19-9-2-1-3-10-19/h1-12,18,24,27H,13-16H2. The first-order chi connectivity index (χ1) is 16.1. The van der Waals surface area contributed by atoms with Gasteiger partial charge in [-0.1, -0.05) is 54.6 Å². The second kappa shape index (κ2) is 10.4. The second-order valence-corrected chi connectivity index (χ2v) is 9.05. The Balaban J connectivity index is 1.22. The maximum Gasteiger partial charge on any atom is 0.295 e. The van der Waals surface area contributed by atoms with Crippen LogP contribution in [0, 0.1) is 0 Å². The number of hydrogen-bond donors (Lipinski definition) is 2. The molecular weight excluding hydrogens is 446 g/mol. The van der Waals surface area contributed by atoms with Crippen LogP contribution in [0.3, 0.4) is 0 Å². The fourth-order valence-corrected chi connectivity index (χ4v) is 4.39. The van der Waals surface area contributed by atoms with Crippen molar-refractivity contribution in [2.75, 3.05) is 26.3 Å². The molecule has 172 valence electrons. The van der Waals surface area contributed by atoms with Crippen molar-refractivity contribution >= 4 is 20.6 Å². The van der Waals surface area contributed by atoms with Gasteiger partial charge in [-0.2, -0.15) is 0 Å². The van der Waals surface area contributed by atoms with E-state index in [0.717, 1.165) is 10.8 Å². The monoisotopic (exact) mass is 469 g/mol. The second-order valence-electron chi connectivity index (χ2n) is 7.19. The fraction of sp³-hybridized carbons (Fsp3) is 0.217. The van der Waals surface area contributed by atoms with Crippen LogP contribution in [-0.2, 0) is 9.84 Å². The summed E-state index contributed by atoms with van der Waals surface area (Å²) >= 11 is 0. The van der Waals surface area contributed by atoms with Crippen molar-refractivity contribution in [1.29, 1.82) is 0 Å². The van der Waals surface area contributed by atoms with Gasteiger partial charge in [0.1, 0.15) is 25.1 Å². The van der Waals surface area contributed by atoms with Crippen LogP contribution >= 0.6 is 0 Å². The molecule has 0 bridgehead atoms. The number of hydrogen-bond acceptors (Lipinski definition) is 9. The molecule has 0 aliphatic carbocycles. The van der Waals surface area contributed by atoms with Gasteiger partial charge in [0.2, 0.25) is 9.84 Å². The minimum Gasteiger partial charge on any atom is -0.490 e. The molecule has 9 nitrogen and oxygen atoms in total. The van der Waals surface area contributed by atoms with Crippen LogP contribution in [-0.4, -0.2) is 56.2 Å². The van der Waals surface area contributed by atoms with Crippen molar-refractivity contribution in [3.05, 3.63) is 72.8 Å². The number of aromatic nitrogens is 2. The zero-order valence-corrected chi connectivity index (χ0v) is 18.4. The van der Waals surface area contributed by atoms with Gasteiger partial charge in [0.05, 0.1) is 4.90 Å². The third kappa shape index (κ3) is 5.48. The Bertz CT molecular complexity index is 1290. The quantitative estimate of drug-likeness (QED) is 0.319. The summed E-state index contributed by atoms with van der Waals surface area (Å²) in [5.74, 6) is 0.502. The van der Waals surface area contributed by atoms with Gasteiger partial charge >= 0.3 is 0 Å². The molecule has 0 saturated heterocycles. The number of nitrogens with one attached hydrogen (secondary N) is 1. The van der Waals surface area contributed by atoms with E-state index in [4.69, 9.17) is 9.47 Å². The lowest BCUT2D eigenvalue weighted by Gasteiger charge is -2.14. The van der Waals surface area contributed by atoms with Gasteiger partial charge in [0.25, 0.3) is 10.9 Å². The molecule has 0 amide bonds. The van der Waals surface area contributed by atoms with E-state index in [1.165, 1.54) is 12.1 Å². The van der Waals surface area contributed by atoms with Crippen molar-refractivity contribution in [1.82, 2.24) is 15.6 Å². The Labute approximate surface area is 190 Å². The Hall–Kier alpha value is -3.47. The SMILES string of the molecule is O=S(=O)(c1ccccc1)c1nonc1OCCNCC(O)COc1cccc2ccccc12. The Morgan fingerprint density at radius 3 is 2.55 bits per heavy atom. The molecule has 0 aliphatic heterocycles. The molecule has 1 heterocycles. The maximum atomic E-state index is 12.7. The third-order valence-corrected chi connectivity index (χ3v) is 6.47. The molecule has 0 saturated carbocycles. The highest BCUT2D eigenvalue weighted by Gasteiger charge is 2.28. The van der Waals surface area contributed by atoms with Crippen LogP contribution in [0.5, 0.6) is 11.6 Å². The van der Waals surface area contributed by atoms with Crippen molar-refractivity contribution in [2.45, 2.75) is 16.0 Å². The van der Waals surface area contributed by atoms with E-state index in [0.29, 0.717) is 12.3 Å². The summed E-state index contributed by atoms with van der Waals surface area (Å²) < 4.78 is 41.1. The van der Waals surface area contributed by atoms with Crippen molar-refractivity contribution < 1.29 is 27.6 Å². The summed E-state index contributed by atoms with van der Waals surface area (Å²) in [6.45, 7) is 0.820. The maximum absolute atomic E-state index is 12.7. The topological polar surface area (TPSA) is 124 Å². The highest BCUT2D eigenvalue weighted by atomic mass is 32.2. The molecule has 33 heavy (non-hydrogen) atoms. The van der Waals surface area contributed by atoms with Crippen LogP contribution in [0.2, 0.25) is 0 Å². The van der Waals surface area contributed by atoms with Gasteiger partial charge in [0, 0.05) is 18.5 Å². The van der Waals surface area contributed by atoms with Gasteiger partial charge in [-0.15, -0.1) is 0 Å². The average Bonchev–Trinajstić information content (AvgIpc) is 3.32. The van der Waals surface area contributed by atoms with Gasteiger partial charge in [-0.25, -0.2) is 13.0 Å². The molecule has 0 radical (unpaired) electrons. The molecule has 2 N–H and O–H groups in total. The van der Waals surface area contributed by atoms with Crippen LogP contribution in [0.1, 0.15) is 0 Å². The van der Waals surface area contributed by atoms with Gasteiger partial charge in [-0.05, 0) is 33.9 Å². The number of nitrogens with zero attached hydrogens (tertiary/aromatic N) is 2. The number of benzene rings is 3. The molecular formula is C23H23N3O6S. The van der Waals surface area contributed by atoms with E-state index in [9.17, 15) is 13.5 Å². The number of rotatable bonds is 11. The minimum absolute atomic E-state index is 0.0676. The summed E-state index contributed by atoms with van der Waals surface area (Å²) in [7, 11) is -3.90. The Morgan fingerprint density at radius 1 is 0.939 bits per heavy atom. The number of sulfone groups is 1. The zero-order valence-electron chi connectivity index (χ0n) is 17.6. The highest BCUT2D eigenvalue weighted by Crippen LogP contribution is 2.26. The average molecular weight is 470 g/mol. The van der Waals surface area contributed by atoms with Crippen LogP contribution < -0.4 is 14.8 Å². The summed E-state index contributed by atoms with van der Waals surface area (Å²) in [5, 5.41) is 21.9. The molecule has 3 aromatic carbocycles. The predicted molar refractivity (Wildman–Crippen MR) is 120 cm³/mol. The lowest BCUT2D eigenvalue weighted by Crippen LogP contribution is -2.33. The van der Waals surface area contributed by atoms with Gasteiger partial charge in [0.15, 0.2) is 0 Å². The number of aliphatic hydroxyl groups excluding tert-OH is 1. The largest absolute Gasteiger partial charge is 0.490 e. The van der Waals surface area contributed by atoms with Crippen molar-refractivity contribution in [3.8, 4) is 11.6 Å². The van der Waals surface area contributed by atoms with E-state index in [1.54, 1.807) is 18.2 Å². The molecule has 1 unspecified atom stereocenters. The summed E-state index contributed by atoms with van der Waals surface area (Å²) in [6.07, 6.45) is -0.744. The molecule has 1 aromatic heterocycles. The minimum atomic E-state index is -3.90. The van der Waals surface area contributed by atoms with E-state index < -0.39 is 15.9 Å². The van der Waals surface area contributed by atoms with E-state index in [2.05, 4.69) is 20.3 Å². The van der Waals surface area contributed by atoms with Gasteiger partial charge in [-0.3, -0.25) is 0 Å². The Morgan fingerprint density at radius 2 is 1.70 bits per heavy atom. The molecule has 0 spiro atoms. The van der Waals surface area contributed by atoms with Crippen molar-refractivity contribution in [2.24, 2.45) is 0 Å². The van der Waals surface area contributed by atoms with Crippen molar-refractivity contribution in [3.63, 3.8) is 0 Å². The van der Waals surface area contributed by atoms with E-state index >= 15 is 0 Å². The Kier molecular flexibility index (Phi) is 7.18. The zero-order chi connectivity index (χ0) is 23.1.